The van der Waals surface area contributed by atoms with E-state index in [0.29, 0.717) is 52.2 Å². The van der Waals surface area contributed by atoms with E-state index < -0.39 is 12.1 Å². The number of methoxy groups -OCH3 is 4. The summed E-state index contributed by atoms with van der Waals surface area (Å²) in [6.07, 6.45) is 0.686. The van der Waals surface area contributed by atoms with Crippen LogP contribution in [0.5, 0.6) is 23.0 Å². The van der Waals surface area contributed by atoms with Gasteiger partial charge in [-0.15, -0.1) is 0 Å². The number of hydrogen-bond acceptors (Lipinski definition) is 6. The third-order valence-electron chi connectivity index (χ3n) is 6.15. The van der Waals surface area contributed by atoms with Crippen LogP contribution in [0.1, 0.15) is 11.1 Å². The zero-order valence-corrected chi connectivity index (χ0v) is 23.2. The summed E-state index contributed by atoms with van der Waals surface area (Å²) in [5.74, 6) is 2.25. The van der Waals surface area contributed by atoms with E-state index in [1.165, 1.54) is 14.2 Å². The molecule has 4 amide bonds. The van der Waals surface area contributed by atoms with Gasteiger partial charge in [0.1, 0.15) is 23.0 Å². The van der Waals surface area contributed by atoms with E-state index in [-0.39, 0.29) is 0 Å². The maximum Gasteiger partial charge on any atom is 0.323 e. The third kappa shape index (κ3) is 7.82. The number of carbonyl (C=O) groups excluding carboxylic acids is 2. The largest absolute Gasteiger partial charge is 0.497 e. The first-order chi connectivity index (χ1) is 19.9. The van der Waals surface area contributed by atoms with Gasteiger partial charge in [-0.2, -0.15) is 0 Å². The number of rotatable bonds is 10. The van der Waals surface area contributed by atoms with Crippen LogP contribution in [-0.4, -0.2) is 40.5 Å². The van der Waals surface area contributed by atoms with Gasteiger partial charge >= 0.3 is 12.1 Å². The molecule has 0 radical (unpaired) electrons. The van der Waals surface area contributed by atoms with Crippen molar-refractivity contribution < 1.29 is 28.5 Å². The molecular weight excluding hydrogens is 524 g/mol. The molecule has 0 aliphatic rings. The molecule has 4 aromatic rings. The Morgan fingerprint density at radius 3 is 1.24 bits per heavy atom. The average molecular weight is 557 g/mol. The van der Waals surface area contributed by atoms with Crippen molar-refractivity contribution in [3.05, 3.63) is 96.1 Å². The van der Waals surface area contributed by atoms with Crippen molar-refractivity contribution in [2.24, 2.45) is 0 Å². The maximum atomic E-state index is 12.5. The van der Waals surface area contributed by atoms with E-state index >= 15 is 0 Å². The van der Waals surface area contributed by atoms with Gasteiger partial charge in [-0.3, -0.25) is 0 Å². The number of urea groups is 2. The minimum absolute atomic E-state index is 0.390. The lowest BCUT2D eigenvalue weighted by Gasteiger charge is -2.13. The number of nitrogens with one attached hydrogen (secondary N) is 4. The van der Waals surface area contributed by atoms with Crippen LogP contribution in [0, 0.1) is 0 Å². The van der Waals surface area contributed by atoms with Crippen LogP contribution >= 0.6 is 0 Å². The first kappa shape index (κ1) is 28.6. The van der Waals surface area contributed by atoms with Crippen molar-refractivity contribution in [3.8, 4) is 23.0 Å². The van der Waals surface area contributed by atoms with Crippen LogP contribution in [0.4, 0.5) is 32.3 Å². The average Bonchev–Trinajstić information content (AvgIpc) is 2.99. The summed E-state index contributed by atoms with van der Waals surface area (Å²) in [5, 5.41) is 11.2. The van der Waals surface area contributed by atoms with Crippen molar-refractivity contribution in [1.82, 2.24) is 0 Å². The summed E-state index contributed by atoms with van der Waals surface area (Å²) >= 11 is 0. The molecule has 41 heavy (non-hydrogen) atoms. The molecule has 0 bridgehead atoms. The molecule has 0 aromatic heterocycles. The maximum absolute atomic E-state index is 12.5. The Morgan fingerprint density at radius 1 is 0.512 bits per heavy atom. The molecule has 0 heterocycles. The SMILES string of the molecule is COc1ccc(NC(=O)Nc2ccc(Cc3ccc(NC(=O)Nc4ccc(OC)cc4OC)cc3)cc2)c(OC)c1. The first-order valence-corrected chi connectivity index (χ1v) is 12.7. The zero-order chi connectivity index (χ0) is 29.2. The Balaban J connectivity index is 1.29. The van der Waals surface area contributed by atoms with Gasteiger partial charge in [0.05, 0.1) is 39.8 Å². The van der Waals surface area contributed by atoms with E-state index in [4.69, 9.17) is 18.9 Å². The summed E-state index contributed by atoms with van der Waals surface area (Å²) in [7, 11) is 6.18. The van der Waals surface area contributed by atoms with Gasteiger partial charge in [0.2, 0.25) is 0 Å². The topological polar surface area (TPSA) is 119 Å². The number of anilines is 4. The Labute approximate surface area is 238 Å². The highest BCUT2D eigenvalue weighted by molar-refractivity contribution is 6.01. The van der Waals surface area contributed by atoms with E-state index in [1.807, 2.05) is 48.5 Å². The number of hydrogen-bond donors (Lipinski definition) is 4. The highest BCUT2D eigenvalue weighted by Gasteiger charge is 2.11. The first-order valence-electron chi connectivity index (χ1n) is 12.7. The second-order valence-corrected chi connectivity index (χ2v) is 8.86. The molecule has 0 saturated carbocycles. The fourth-order valence-electron chi connectivity index (χ4n) is 4.02. The van der Waals surface area contributed by atoms with Crippen molar-refractivity contribution >= 4 is 34.8 Å². The second-order valence-electron chi connectivity index (χ2n) is 8.86. The summed E-state index contributed by atoms with van der Waals surface area (Å²) in [4.78, 5) is 25.0. The quantitative estimate of drug-likeness (QED) is 0.175. The predicted octanol–water partition coefficient (Wildman–Crippen LogP) is 6.60. The predicted molar refractivity (Wildman–Crippen MR) is 160 cm³/mol. The van der Waals surface area contributed by atoms with Crippen molar-refractivity contribution in [2.75, 3.05) is 49.7 Å². The molecule has 4 N–H and O–H groups in total. The monoisotopic (exact) mass is 556 g/mol. The Morgan fingerprint density at radius 2 is 0.902 bits per heavy atom. The minimum atomic E-state index is -0.390. The number of ether oxygens (including phenoxy) is 4. The summed E-state index contributed by atoms with van der Waals surface area (Å²) < 4.78 is 21.0. The Kier molecular flexibility index (Phi) is 9.50. The summed E-state index contributed by atoms with van der Waals surface area (Å²) in [6.45, 7) is 0. The van der Waals surface area contributed by atoms with E-state index in [1.54, 1.807) is 50.6 Å². The van der Waals surface area contributed by atoms with Gasteiger partial charge in [-0.25, -0.2) is 9.59 Å². The van der Waals surface area contributed by atoms with Crippen LogP contribution in [-0.2, 0) is 6.42 Å². The number of amides is 4. The van der Waals surface area contributed by atoms with Gasteiger partial charge in [0, 0.05) is 23.5 Å². The van der Waals surface area contributed by atoms with Crippen LogP contribution in [0.3, 0.4) is 0 Å². The van der Waals surface area contributed by atoms with Crippen LogP contribution in [0.2, 0.25) is 0 Å². The Hall–Kier alpha value is -5.38. The molecule has 0 aliphatic heterocycles. The molecule has 0 saturated heterocycles. The standard InChI is InChI=1S/C31H32N4O6/c1-38-24-13-15-26(28(18-24)40-3)34-30(36)32-22-9-5-20(6-10-22)17-21-7-11-23(12-8-21)33-31(37)35-27-16-14-25(39-2)19-29(27)41-4/h5-16,18-19H,17H2,1-4H3,(H2,32,34,36)(H2,33,35,37). The van der Waals surface area contributed by atoms with Crippen LogP contribution < -0.4 is 40.2 Å². The second kappa shape index (κ2) is 13.6. The zero-order valence-electron chi connectivity index (χ0n) is 23.2. The van der Waals surface area contributed by atoms with Crippen molar-refractivity contribution in [3.63, 3.8) is 0 Å². The molecule has 0 aliphatic carbocycles. The third-order valence-corrected chi connectivity index (χ3v) is 6.15. The molecule has 0 spiro atoms. The van der Waals surface area contributed by atoms with Crippen molar-refractivity contribution in [2.45, 2.75) is 6.42 Å². The highest BCUT2D eigenvalue weighted by Crippen LogP contribution is 2.30. The fraction of sp³-hybridized carbons (Fsp3) is 0.161. The number of benzene rings is 4. The molecule has 10 heteroatoms. The summed E-state index contributed by atoms with van der Waals surface area (Å²) in [6, 6.07) is 24.7. The lowest BCUT2D eigenvalue weighted by molar-refractivity contribution is 0.261. The van der Waals surface area contributed by atoms with Crippen LogP contribution in [0.25, 0.3) is 0 Å². The van der Waals surface area contributed by atoms with Gasteiger partial charge in [-0.1, -0.05) is 24.3 Å². The van der Waals surface area contributed by atoms with Crippen LogP contribution in [0.15, 0.2) is 84.9 Å². The summed E-state index contributed by atoms with van der Waals surface area (Å²) in [5.41, 5.74) is 4.49. The normalized spacial score (nSPS) is 10.2. The van der Waals surface area contributed by atoms with Gasteiger partial charge in [0.15, 0.2) is 0 Å². The van der Waals surface area contributed by atoms with E-state index in [2.05, 4.69) is 21.3 Å². The molecule has 0 unspecified atom stereocenters. The smallest absolute Gasteiger partial charge is 0.323 e. The van der Waals surface area contributed by atoms with Gasteiger partial charge in [-0.05, 0) is 66.1 Å². The van der Waals surface area contributed by atoms with Gasteiger partial charge in [0.25, 0.3) is 0 Å². The molecule has 4 aromatic carbocycles. The molecule has 10 nitrogen and oxygen atoms in total. The van der Waals surface area contributed by atoms with E-state index in [9.17, 15) is 9.59 Å². The Bertz CT molecular complexity index is 1380. The molecule has 212 valence electrons. The minimum Gasteiger partial charge on any atom is -0.497 e. The fourth-order valence-corrected chi connectivity index (χ4v) is 4.02. The molecule has 0 atom stereocenters. The highest BCUT2D eigenvalue weighted by atomic mass is 16.5. The van der Waals surface area contributed by atoms with Crippen molar-refractivity contribution in [1.29, 1.82) is 0 Å². The molecule has 0 fully saturated rings. The molecule has 4 rings (SSSR count). The molecular formula is C31H32N4O6. The lowest BCUT2D eigenvalue weighted by Crippen LogP contribution is -2.19. The number of carbonyl (C=O) groups is 2. The lowest BCUT2D eigenvalue weighted by atomic mass is 10.0. The van der Waals surface area contributed by atoms with Gasteiger partial charge < -0.3 is 40.2 Å². The van der Waals surface area contributed by atoms with E-state index in [0.717, 1.165) is 11.1 Å².